The van der Waals surface area contributed by atoms with E-state index in [-0.39, 0.29) is 5.97 Å². The Balaban J connectivity index is 2.36. The fourth-order valence-electron chi connectivity index (χ4n) is 2.52. The summed E-state index contributed by atoms with van der Waals surface area (Å²) in [6.45, 7) is 6.50. The molecule has 0 saturated carbocycles. The van der Waals surface area contributed by atoms with Crippen LogP contribution in [0.5, 0.6) is 0 Å². The molecule has 1 fully saturated rings. The molecule has 1 unspecified atom stereocenters. The molecule has 1 saturated heterocycles. The summed E-state index contributed by atoms with van der Waals surface area (Å²) in [5.41, 5.74) is 0. The van der Waals surface area contributed by atoms with Gasteiger partial charge < -0.3 is 9.22 Å². The van der Waals surface area contributed by atoms with Gasteiger partial charge in [0.25, 0.3) is 0 Å². The van der Waals surface area contributed by atoms with Crippen molar-refractivity contribution in [1.82, 2.24) is 0 Å². The van der Waals surface area contributed by atoms with Gasteiger partial charge in [-0.05, 0) is 6.42 Å². The van der Waals surface area contributed by atoms with Gasteiger partial charge in [-0.3, -0.25) is 4.79 Å². The minimum atomic E-state index is -0.163. The number of esters is 1. The van der Waals surface area contributed by atoms with E-state index in [1.807, 2.05) is 0 Å². The Morgan fingerprint density at radius 3 is 2.86 bits per heavy atom. The highest BCUT2D eigenvalue weighted by atomic mass is 16.5. The van der Waals surface area contributed by atoms with Crippen molar-refractivity contribution in [3.63, 3.8) is 0 Å². The van der Waals surface area contributed by atoms with Crippen molar-refractivity contribution in [3.8, 4) is 0 Å². The maximum absolute atomic E-state index is 10.6. The van der Waals surface area contributed by atoms with Crippen LogP contribution in [-0.4, -0.2) is 43.2 Å². The third-order valence-corrected chi connectivity index (χ3v) is 3.47. The lowest BCUT2D eigenvalue weighted by Crippen LogP contribution is -2.49. The Bertz CT molecular complexity index is 205. The largest absolute Gasteiger partial charge is 0.460 e. The van der Waals surface area contributed by atoms with E-state index in [1.54, 1.807) is 0 Å². The highest BCUT2D eigenvalue weighted by Crippen LogP contribution is 2.26. The van der Waals surface area contributed by atoms with Gasteiger partial charge in [-0.2, -0.15) is 0 Å². The van der Waals surface area contributed by atoms with Gasteiger partial charge in [-0.15, -0.1) is 0 Å². The van der Waals surface area contributed by atoms with E-state index in [9.17, 15) is 4.79 Å². The zero-order valence-corrected chi connectivity index (χ0v) is 9.58. The highest BCUT2D eigenvalue weighted by Gasteiger charge is 2.36. The second-order valence-electron chi connectivity index (χ2n) is 4.47. The van der Waals surface area contributed by atoms with E-state index < -0.39 is 0 Å². The van der Waals surface area contributed by atoms with Gasteiger partial charge in [0, 0.05) is 19.8 Å². The normalized spacial score (nSPS) is 31.8. The van der Waals surface area contributed by atoms with E-state index in [0.29, 0.717) is 6.61 Å². The predicted octanol–water partition coefficient (Wildman–Crippen LogP) is 1.57. The average Bonchev–Trinajstić information content (AvgIpc) is 2.46. The molecule has 0 aromatic carbocycles. The number of carbonyl (C=O) groups is 1. The zero-order valence-electron chi connectivity index (χ0n) is 9.58. The first kappa shape index (κ1) is 11.5. The van der Waals surface area contributed by atoms with Gasteiger partial charge >= 0.3 is 5.97 Å². The van der Waals surface area contributed by atoms with Crippen LogP contribution in [0.1, 0.15) is 33.1 Å². The number of likely N-dealkylation sites (N-methyl/N-ethyl adjacent to an activating group) is 1. The van der Waals surface area contributed by atoms with Gasteiger partial charge in [0.1, 0.15) is 13.2 Å². The SMILES string of the molecule is CC[C@@H]1CCC[N+]1(C)CCOC(C)=O. The first-order valence-corrected chi connectivity index (χ1v) is 5.56. The summed E-state index contributed by atoms with van der Waals surface area (Å²) in [6, 6.07) is 0.769. The Morgan fingerprint density at radius 2 is 2.29 bits per heavy atom. The number of likely N-dealkylation sites (tertiary alicyclic amines) is 1. The van der Waals surface area contributed by atoms with Crippen molar-refractivity contribution < 1.29 is 14.0 Å². The molecule has 0 N–H and O–H groups in total. The topological polar surface area (TPSA) is 26.3 Å². The lowest BCUT2D eigenvalue weighted by Gasteiger charge is -2.35. The highest BCUT2D eigenvalue weighted by molar-refractivity contribution is 5.65. The van der Waals surface area contributed by atoms with Crippen LogP contribution in [0.3, 0.4) is 0 Å². The third kappa shape index (κ3) is 2.71. The van der Waals surface area contributed by atoms with Gasteiger partial charge in [0.05, 0.1) is 19.6 Å². The van der Waals surface area contributed by atoms with Crippen molar-refractivity contribution in [2.24, 2.45) is 0 Å². The maximum Gasteiger partial charge on any atom is 0.302 e. The van der Waals surface area contributed by atoms with Crippen molar-refractivity contribution in [3.05, 3.63) is 0 Å². The molecule has 1 heterocycles. The van der Waals surface area contributed by atoms with Crippen molar-refractivity contribution in [2.45, 2.75) is 39.2 Å². The summed E-state index contributed by atoms with van der Waals surface area (Å²) in [6.07, 6.45) is 3.87. The first-order valence-electron chi connectivity index (χ1n) is 5.56. The molecular weight excluding hydrogens is 178 g/mol. The molecule has 0 aromatic rings. The van der Waals surface area contributed by atoms with Crippen molar-refractivity contribution in [2.75, 3.05) is 26.7 Å². The van der Waals surface area contributed by atoms with Crippen LogP contribution in [-0.2, 0) is 9.53 Å². The summed E-state index contributed by atoms with van der Waals surface area (Å²) in [4.78, 5) is 10.6. The number of hydrogen-bond donors (Lipinski definition) is 0. The molecule has 82 valence electrons. The average molecular weight is 200 g/mol. The van der Waals surface area contributed by atoms with Gasteiger partial charge in [-0.1, -0.05) is 6.92 Å². The first-order chi connectivity index (χ1) is 6.58. The van der Waals surface area contributed by atoms with Gasteiger partial charge in [0.2, 0.25) is 0 Å². The Hall–Kier alpha value is -0.570. The second-order valence-corrected chi connectivity index (χ2v) is 4.47. The molecule has 3 nitrogen and oxygen atoms in total. The molecule has 0 bridgehead atoms. The Labute approximate surface area is 86.6 Å². The third-order valence-electron chi connectivity index (χ3n) is 3.47. The molecule has 0 amide bonds. The minimum absolute atomic E-state index is 0.163. The quantitative estimate of drug-likeness (QED) is 0.508. The van der Waals surface area contributed by atoms with E-state index >= 15 is 0 Å². The predicted molar refractivity (Wildman–Crippen MR) is 55.9 cm³/mol. The minimum Gasteiger partial charge on any atom is -0.460 e. The van der Waals surface area contributed by atoms with Crippen LogP contribution < -0.4 is 0 Å². The van der Waals surface area contributed by atoms with E-state index in [1.165, 1.54) is 32.7 Å². The molecule has 0 aliphatic carbocycles. The fourth-order valence-corrected chi connectivity index (χ4v) is 2.52. The molecule has 1 rings (SSSR count). The number of nitrogens with zero attached hydrogens (tertiary/aromatic N) is 1. The monoisotopic (exact) mass is 200 g/mol. The van der Waals surface area contributed by atoms with Crippen LogP contribution in [0.25, 0.3) is 0 Å². The van der Waals surface area contributed by atoms with Crippen LogP contribution in [0.2, 0.25) is 0 Å². The molecule has 0 radical (unpaired) electrons. The summed E-state index contributed by atoms with van der Waals surface area (Å²) in [5.74, 6) is -0.163. The van der Waals surface area contributed by atoms with E-state index in [2.05, 4.69) is 14.0 Å². The fraction of sp³-hybridized carbons (Fsp3) is 0.909. The van der Waals surface area contributed by atoms with Gasteiger partial charge in [-0.25, -0.2) is 0 Å². The molecule has 0 aromatic heterocycles. The molecule has 3 heteroatoms. The summed E-state index contributed by atoms with van der Waals surface area (Å²) in [7, 11) is 2.28. The maximum atomic E-state index is 10.6. The second kappa shape index (κ2) is 4.78. The lowest BCUT2D eigenvalue weighted by molar-refractivity contribution is -0.921. The van der Waals surface area contributed by atoms with Crippen LogP contribution in [0, 0.1) is 0 Å². The van der Waals surface area contributed by atoms with E-state index in [0.717, 1.165) is 17.1 Å². The molecule has 14 heavy (non-hydrogen) atoms. The number of ether oxygens (including phenoxy) is 1. The van der Waals surface area contributed by atoms with Crippen molar-refractivity contribution >= 4 is 5.97 Å². The molecular formula is C11H22NO2+. The molecule has 0 spiro atoms. The molecule has 1 aliphatic heterocycles. The summed E-state index contributed by atoms with van der Waals surface area (Å²) in [5, 5.41) is 0. The van der Waals surface area contributed by atoms with Crippen LogP contribution >= 0.6 is 0 Å². The molecule has 1 aliphatic rings. The number of quaternary nitrogens is 1. The smallest absolute Gasteiger partial charge is 0.302 e. The van der Waals surface area contributed by atoms with Crippen LogP contribution in [0.4, 0.5) is 0 Å². The Morgan fingerprint density at radius 1 is 1.57 bits per heavy atom. The molecule has 2 atom stereocenters. The Kier molecular flexibility index (Phi) is 3.93. The van der Waals surface area contributed by atoms with E-state index in [4.69, 9.17) is 4.74 Å². The number of hydrogen-bond acceptors (Lipinski definition) is 2. The summed E-state index contributed by atoms with van der Waals surface area (Å²) < 4.78 is 6.09. The standard InChI is InChI=1S/C11H22NO2/c1-4-11-6-5-7-12(11,3)8-9-14-10(2)13/h11H,4-9H2,1-3H3/q+1/t11-,12?/m1/s1. The number of rotatable bonds is 4. The number of carbonyl (C=O) groups excluding carboxylic acids is 1. The zero-order chi connectivity index (χ0) is 10.6. The summed E-state index contributed by atoms with van der Waals surface area (Å²) >= 11 is 0. The van der Waals surface area contributed by atoms with Crippen molar-refractivity contribution in [1.29, 1.82) is 0 Å². The van der Waals surface area contributed by atoms with Gasteiger partial charge in [0.15, 0.2) is 0 Å². The van der Waals surface area contributed by atoms with Crippen LogP contribution in [0.15, 0.2) is 0 Å². The lowest BCUT2D eigenvalue weighted by atomic mass is 10.1.